The Balaban J connectivity index is 1.69. The molecule has 0 spiro atoms. The Hall–Kier alpha value is -3.08. The fraction of sp³-hybridized carbons (Fsp3) is 0.231. The van der Waals surface area contributed by atoms with Crippen LogP contribution in [-0.4, -0.2) is 6.61 Å². The number of unbranched alkanes of at least 4 members (excludes halogenated alkanes) is 1. The van der Waals surface area contributed by atoms with Crippen molar-refractivity contribution in [2.45, 2.75) is 32.6 Å². The van der Waals surface area contributed by atoms with Crippen LogP contribution < -0.4 is 4.74 Å². The first-order chi connectivity index (χ1) is 14.9. The van der Waals surface area contributed by atoms with Gasteiger partial charge in [0.2, 0.25) is 5.82 Å². The van der Waals surface area contributed by atoms with Gasteiger partial charge in [0, 0.05) is 5.56 Å². The van der Waals surface area contributed by atoms with Crippen molar-refractivity contribution >= 4 is 0 Å². The summed E-state index contributed by atoms with van der Waals surface area (Å²) in [5.41, 5.74) is 2.12. The summed E-state index contributed by atoms with van der Waals surface area (Å²) in [6, 6.07) is 13.0. The van der Waals surface area contributed by atoms with Crippen LogP contribution in [0.25, 0.3) is 11.1 Å². The zero-order valence-electron chi connectivity index (χ0n) is 17.4. The van der Waals surface area contributed by atoms with Gasteiger partial charge in [0.1, 0.15) is 0 Å². The number of rotatable bonds is 9. The molecule has 0 bridgehead atoms. The van der Waals surface area contributed by atoms with E-state index in [1.54, 1.807) is 42.5 Å². The Morgan fingerprint density at radius 2 is 1.55 bits per heavy atom. The van der Waals surface area contributed by atoms with Crippen LogP contribution in [0.3, 0.4) is 0 Å². The lowest BCUT2D eigenvalue weighted by Gasteiger charge is -2.11. The van der Waals surface area contributed by atoms with Gasteiger partial charge < -0.3 is 4.74 Å². The molecular weight excluding hydrogens is 404 g/mol. The third-order valence-corrected chi connectivity index (χ3v) is 5.16. The Bertz CT molecular complexity index is 1060. The van der Waals surface area contributed by atoms with Crippen molar-refractivity contribution in [3.8, 4) is 16.9 Å². The third kappa shape index (κ3) is 5.35. The molecule has 31 heavy (non-hydrogen) atoms. The van der Waals surface area contributed by atoms with E-state index in [1.807, 2.05) is 0 Å². The van der Waals surface area contributed by atoms with Crippen LogP contribution in [0.5, 0.6) is 5.75 Å². The fourth-order valence-corrected chi connectivity index (χ4v) is 3.29. The highest BCUT2D eigenvalue weighted by molar-refractivity contribution is 5.65. The van der Waals surface area contributed by atoms with E-state index in [4.69, 9.17) is 4.74 Å². The molecule has 0 aliphatic rings. The van der Waals surface area contributed by atoms with Crippen LogP contribution in [0, 0.1) is 30.2 Å². The molecule has 0 aliphatic heterocycles. The number of hydrogen-bond acceptors (Lipinski definition) is 1. The van der Waals surface area contributed by atoms with Gasteiger partial charge in [-0.25, -0.2) is 13.2 Å². The quantitative estimate of drug-likeness (QED) is 0.197. The zero-order chi connectivity index (χ0) is 22.4. The summed E-state index contributed by atoms with van der Waals surface area (Å²) in [5.74, 6) is -3.74. The minimum Gasteiger partial charge on any atom is -0.490 e. The third-order valence-electron chi connectivity index (χ3n) is 5.16. The molecule has 0 aromatic heterocycles. The molecule has 0 amide bonds. The minimum atomic E-state index is -1.02. The molecule has 0 atom stereocenters. The number of halogens is 4. The van der Waals surface area contributed by atoms with Crippen molar-refractivity contribution in [3.63, 3.8) is 0 Å². The lowest BCUT2D eigenvalue weighted by molar-refractivity contribution is 0.291. The second kappa shape index (κ2) is 10.3. The van der Waals surface area contributed by atoms with Crippen LogP contribution in [0.15, 0.2) is 61.2 Å². The molecule has 0 aliphatic carbocycles. The first-order valence-corrected chi connectivity index (χ1v) is 10.2. The fourth-order valence-electron chi connectivity index (χ4n) is 3.29. The molecule has 0 saturated heterocycles. The Morgan fingerprint density at radius 1 is 0.806 bits per heavy atom. The highest BCUT2D eigenvalue weighted by atomic mass is 19.2. The maximum Gasteiger partial charge on any atom is 0.201 e. The van der Waals surface area contributed by atoms with Crippen molar-refractivity contribution in [1.29, 1.82) is 0 Å². The van der Waals surface area contributed by atoms with Crippen molar-refractivity contribution < 1.29 is 22.3 Å². The molecule has 3 aromatic carbocycles. The summed E-state index contributed by atoms with van der Waals surface area (Å²) < 4.78 is 61.9. The van der Waals surface area contributed by atoms with Crippen molar-refractivity contribution in [3.05, 3.63) is 101 Å². The van der Waals surface area contributed by atoms with Crippen LogP contribution >= 0.6 is 0 Å². The average Bonchev–Trinajstić information content (AvgIpc) is 2.78. The molecule has 0 radical (unpaired) electrons. The van der Waals surface area contributed by atoms with Gasteiger partial charge >= 0.3 is 0 Å². The monoisotopic (exact) mass is 428 g/mol. The van der Waals surface area contributed by atoms with Gasteiger partial charge in [-0.1, -0.05) is 42.5 Å². The van der Waals surface area contributed by atoms with E-state index in [0.717, 1.165) is 12.0 Å². The smallest absolute Gasteiger partial charge is 0.201 e. The molecule has 5 heteroatoms. The minimum absolute atomic E-state index is 0.116. The maximum atomic E-state index is 14.6. The molecule has 162 valence electrons. The Kier molecular flexibility index (Phi) is 7.50. The largest absolute Gasteiger partial charge is 0.490 e. The number of allylic oxidation sites excluding steroid dienone is 1. The second-order valence-corrected chi connectivity index (χ2v) is 7.39. The topological polar surface area (TPSA) is 9.23 Å². The van der Waals surface area contributed by atoms with Gasteiger partial charge in [0.25, 0.3) is 0 Å². The van der Waals surface area contributed by atoms with Crippen molar-refractivity contribution in [2.24, 2.45) is 0 Å². The molecular formula is C26H24F4O. The lowest BCUT2D eigenvalue weighted by Crippen LogP contribution is -2.01. The average molecular weight is 428 g/mol. The van der Waals surface area contributed by atoms with Gasteiger partial charge in [0.15, 0.2) is 23.2 Å². The molecule has 0 heterocycles. The van der Waals surface area contributed by atoms with E-state index >= 15 is 0 Å². The first-order valence-electron chi connectivity index (χ1n) is 10.2. The normalized spacial score (nSPS) is 10.9. The van der Waals surface area contributed by atoms with E-state index in [-0.39, 0.29) is 23.5 Å². The highest BCUT2D eigenvalue weighted by Crippen LogP contribution is 2.30. The van der Waals surface area contributed by atoms with Crippen LogP contribution in [0.4, 0.5) is 17.6 Å². The lowest BCUT2D eigenvalue weighted by atomic mass is 9.99. The molecule has 0 saturated carbocycles. The number of aryl methyl sites for hydroxylation is 3. The summed E-state index contributed by atoms with van der Waals surface area (Å²) in [6.45, 7) is 5.40. The van der Waals surface area contributed by atoms with Gasteiger partial charge in [-0.2, -0.15) is 4.39 Å². The SMILES string of the molecule is C=CCCCOc1ccc(-c2ccc(CCc3ccc(C)c(F)c3F)cc2)c(F)c1F. The summed E-state index contributed by atoms with van der Waals surface area (Å²) >= 11 is 0. The van der Waals surface area contributed by atoms with Gasteiger partial charge in [-0.15, -0.1) is 6.58 Å². The van der Waals surface area contributed by atoms with E-state index in [9.17, 15) is 17.6 Å². The maximum absolute atomic E-state index is 14.6. The second-order valence-electron chi connectivity index (χ2n) is 7.39. The van der Waals surface area contributed by atoms with Crippen LogP contribution in [0.2, 0.25) is 0 Å². The van der Waals surface area contributed by atoms with E-state index in [2.05, 4.69) is 6.58 Å². The summed E-state index contributed by atoms with van der Waals surface area (Å²) in [6.07, 6.45) is 3.98. The number of ether oxygens (including phenoxy) is 1. The summed E-state index contributed by atoms with van der Waals surface area (Å²) in [5, 5.41) is 0. The van der Waals surface area contributed by atoms with Crippen LogP contribution in [-0.2, 0) is 12.8 Å². The molecule has 1 nitrogen and oxygen atoms in total. The zero-order valence-corrected chi connectivity index (χ0v) is 17.4. The van der Waals surface area contributed by atoms with Gasteiger partial charge in [-0.3, -0.25) is 0 Å². The molecule has 0 unspecified atom stereocenters. The Morgan fingerprint density at radius 3 is 2.26 bits per heavy atom. The molecule has 0 N–H and O–H groups in total. The van der Waals surface area contributed by atoms with Crippen molar-refractivity contribution in [1.82, 2.24) is 0 Å². The summed E-state index contributed by atoms with van der Waals surface area (Å²) in [4.78, 5) is 0. The van der Waals surface area contributed by atoms with Gasteiger partial charge in [-0.05, 0) is 67.0 Å². The molecule has 3 rings (SSSR count). The first kappa shape index (κ1) is 22.6. The van der Waals surface area contributed by atoms with E-state index in [0.29, 0.717) is 30.4 Å². The predicted molar refractivity (Wildman–Crippen MR) is 115 cm³/mol. The molecule has 0 fully saturated rings. The van der Waals surface area contributed by atoms with E-state index < -0.39 is 23.3 Å². The standard InChI is InChI=1S/C26H24F4O/c1-3-4-5-16-31-22-15-14-21(25(29)26(22)30)19-11-7-18(8-12-19)9-13-20-10-6-17(2)23(27)24(20)28/h3,6-8,10-12,14-15H,1,4-5,9,13,16H2,2H3. The van der Waals surface area contributed by atoms with E-state index in [1.165, 1.54) is 19.1 Å². The Labute approximate surface area is 180 Å². The number of benzene rings is 3. The highest BCUT2D eigenvalue weighted by Gasteiger charge is 2.16. The predicted octanol–water partition coefficient (Wildman–Crippen LogP) is 7.35. The van der Waals surface area contributed by atoms with Gasteiger partial charge in [0.05, 0.1) is 6.61 Å². The van der Waals surface area contributed by atoms with Crippen LogP contribution in [0.1, 0.15) is 29.5 Å². The summed E-state index contributed by atoms with van der Waals surface area (Å²) in [7, 11) is 0. The number of hydrogen-bond donors (Lipinski definition) is 0. The van der Waals surface area contributed by atoms with Crippen molar-refractivity contribution in [2.75, 3.05) is 6.61 Å². The molecule has 3 aromatic rings.